The summed E-state index contributed by atoms with van der Waals surface area (Å²) in [5, 5.41) is 23.5. The number of aliphatic hydroxyl groups excluding tert-OH is 2. The molecule has 6 nitrogen and oxygen atoms in total. The number of benzene rings is 2. The zero-order chi connectivity index (χ0) is 21.9. The number of ether oxygens (including phenoxy) is 2. The van der Waals surface area contributed by atoms with Crippen LogP contribution in [0.3, 0.4) is 0 Å². The van der Waals surface area contributed by atoms with Crippen LogP contribution in [-0.2, 0) is 13.0 Å². The highest BCUT2D eigenvalue weighted by Gasteiger charge is 2.19. The molecule has 2 aromatic carbocycles. The number of hydrogen-bond acceptors (Lipinski definition) is 6. The van der Waals surface area contributed by atoms with Crippen LogP contribution in [0.4, 0.5) is 0 Å². The van der Waals surface area contributed by atoms with E-state index in [1.807, 2.05) is 24.3 Å². The molecule has 3 N–H and O–H groups in total. The molecule has 3 rings (SSSR count). The van der Waals surface area contributed by atoms with E-state index in [4.69, 9.17) is 9.47 Å². The van der Waals surface area contributed by atoms with Crippen LogP contribution in [0.5, 0.6) is 11.5 Å². The minimum absolute atomic E-state index is 0.202. The molecule has 1 heterocycles. The smallest absolute Gasteiger partial charge is 0.124 e. The van der Waals surface area contributed by atoms with E-state index in [1.54, 1.807) is 7.11 Å². The predicted molar refractivity (Wildman–Crippen MR) is 123 cm³/mol. The summed E-state index contributed by atoms with van der Waals surface area (Å²) in [7, 11) is 1.66. The van der Waals surface area contributed by atoms with E-state index in [-0.39, 0.29) is 12.7 Å². The normalized spacial score (nSPS) is 16.2. The number of aliphatic hydroxyl groups is 2. The summed E-state index contributed by atoms with van der Waals surface area (Å²) in [5.41, 5.74) is 2.37. The molecule has 1 saturated heterocycles. The Bertz CT molecular complexity index is 763. The lowest BCUT2D eigenvalue weighted by Gasteiger charge is -2.31. The van der Waals surface area contributed by atoms with Gasteiger partial charge < -0.3 is 29.9 Å². The van der Waals surface area contributed by atoms with E-state index in [1.165, 1.54) is 5.56 Å². The van der Waals surface area contributed by atoms with Gasteiger partial charge in [-0.25, -0.2) is 0 Å². The minimum Gasteiger partial charge on any atom is -0.497 e. The molecule has 31 heavy (non-hydrogen) atoms. The molecular weight excluding hydrogens is 392 g/mol. The van der Waals surface area contributed by atoms with Crippen molar-refractivity contribution >= 4 is 0 Å². The van der Waals surface area contributed by atoms with Crippen molar-refractivity contribution < 1.29 is 19.7 Å². The van der Waals surface area contributed by atoms with Crippen LogP contribution in [0.25, 0.3) is 0 Å². The number of methoxy groups -OCH3 is 1. The number of aryl methyl sites for hydroxylation is 1. The van der Waals surface area contributed by atoms with Crippen LogP contribution in [0.1, 0.15) is 30.4 Å². The van der Waals surface area contributed by atoms with Crippen LogP contribution in [-0.4, -0.2) is 67.2 Å². The van der Waals surface area contributed by atoms with Crippen LogP contribution >= 0.6 is 0 Å². The first-order valence-corrected chi connectivity index (χ1v) is 11.3. The molecular formula is C25H36N2O4. The predicted octanol–water partition coefficient (Wildman–Crippen LogP) is 2.61. The average molecular weight is 429 g/mol. The maximum atomic E-state index is 10.4. The number of piperidine rings is 1. The largest absolute Gasteiger partial charge is 0.497 e. The minimum atomic E-state index is -0.566. The highest BCUT2D eigenvalue weighted by molar-refractivity contribution is 5.40. The van der Waals surface area contributed by atoms with E-state index in [0.29, 0.717) is 13.1 Å². The number of likely N-dealkylation sites (tertiary alicyclic amines) is 1. The first-order chi connectivity index (χ1) is 15.1. The van der Waals surface area contributed by atoms with Crippen LogP contribution in [0, 0.1) is 0 Å². The van der Waals surface area contributed by atoms with Gasteiger partial charge in [0.15, 0.2) is 0 Å². The average Bonchev–Trinajstić information content (AvgIpc) is 2.80. The number of nitrogens with zero attached hydrogens (tertiary/aromatic N) is 1. The molecule has 1 aliphatic heterocycles. The highest BCUT2D eigenvalue weighted by atomic mass is 16.5. The zero-order valence-corrected chi connectivity index (χ0v) is 18.5. The van der Waals surface area contributed by atoms with Crippen LogP contribution in [0.15, 0.2) is 48.5 Å². The summed E-state index contributed by atoms with van der Waals surface area (Å²) in [4.78, 5) is 2.18. The number of nitrogens with one attached hydrogen (secondary N) is 1. The molecule has 0 amide bonds. The third kappa shape index (κ3) is 8.15. The molecule has 1 fully saturated rings. The number of β-amino-alcohol motifs (C(OH)–C–C–N with tert-alkyl or cyclic N) is 1. The van der Waals surface area contributed by atoms with Gasteiger partial charge in [0, 0.05) is 31.7 Å². The lowest BCUT2D eigenvalue weighted by atomic mass is 10.1. The SMILES string of the molecule is COc1ccc(OCC(O)CN2CCC(O)CC2)c(CNCCCc2ccccc2)c1. The Balaban J connectivity index is 1.44. The summed E-state index contributed by atoms with van der Waals surface area (Å²) in [6, 6.07) is 16.3. The topological polar surface area (TPSA) is 74.2 Å². The molecule has 0 spiro atoms. The highest BCUT2D eigenvalue weighted by Crippen LogP contribution is 2.24. The maximum absolute atomic E-state index is 10.4. The van der Waals surface area contributed by atoms with Gasteiger partial charge in [0.25, 0.3) is 0 Å². The Morgan fingerprint density at radius 2 is 1.90 bits per heavy atom. The lowest BCUT2D eigenvalue weighted by molar-refractivity contribution is 0.0336. The fraction of sp³-hybridized carbons (Fsp3) is 0.520. The van der Waals surface area contributed by atoms with Crippen molar-refractivity contribution in [3.63, 3.8) is 0 Å². The van der Waals surface area contributed by atoms with E-state index >= 15 is 0 Å². The second-order valence-electron chi connectivity index (χ2n) is 8.24. The molecule has 2 aromatic rings. The van der Waals surface area contributed by atoms with Gasteiger partial charge in [-0.1, -0.05) is 30.3 Å². The Labute approximate surface area is 185 Å². The summed E-state index contributed by atoms with van der Waals surface area (Å²) < 4.78 is 11.3. The quantitative estimate of drug-likeness (QED) is 0.452. The standard InChI is InChI=1S/C25H36N2O4/c1-30-24-9-10-25(31-19-23(29)18-27-14-11-22(28)12-15-27)21(16-24)17-26-13-5-8-20-6-3-2-4-7-20/h2-4,6-7,9-10,16,22-23,26,28-29H,5,8,11-15,17-19H2,1H3. The van der Waals surface area contributed by atoms with Gasteiger partial charge in [0.05, 0.1) is 13.2 Å². The van der Waals surface area contributed by atoms with Gasteiger partial charge in [-0.05, 0) is 56.0 Å². The fourth-order valence-corrected chi connectivity index (χ4v) is 3.89. The van der Waals surface area contributed by atoms with Crippen molar-refractivity contribution in [1.82, 2.24) is 10.2 Å². The first-order valence-electron chi connectivity index (χ1n) is 11.3. The van der Waals surface area contributed by atoms with E-state index in [9.17, 15) is 10.2 Å². The van der Waals surface area contributed by atoms with E-state index < -0.39 is 6.10 Å². The molecule has 0 radical (unpaired) electrons. The molecule has 1 unspecified atom stereocenters. The molecule has 170 valence electrons. The van der Waals surface area contributed by atoms with Crippen LogP contribution in [0.2, 0.25) is 0 Å². The van der Waals surface area contributed by atoms with Crippen molar-refractivity contribution in [2.45, 2.75) is 44.4 Å². The molecule has 0 aromatic heterocycles. The van der Waals surface area contributed by atoms with Crippen molar-refractivity contribution in [3.8, 4) is 11.5 Å². The van der Waals surface area contributed by atoms with Gasteiger partial charge in [-0.3, -0.25) is 0 Å². The summed E-state index contributed by atoms with van der Waals surface area (Å²) in [6.07, 6.45) is 2.89. The third-order valence-electron chi connectivity index (χ3n) is 5.70. The second kappa shape index (κ2) is 12.7. The Morgan fingerprint density at radius 3 is 2.65 bits per heavy atom. The van der Waals surface area contributed by atoms with Gasteiger partial charge in [-0.2, -0.15) is 0 Å². The Morgan fingerprint density at radius 1 is 1.13 bits per heavy atom. The summed E-state index contributed by atoms with van der Waals surface area (Å²) in [6.45, 7) is 4.04. The van der Waals surface area contributed by atoms with E-state index in [2.05, 4.69) is 34.5 Å². The molecule has 6 heteroatoms. The summed E-state index contributed by atoms with van der Waals surface area (Å²) >= 11 is 0. The monoisotopic (exact) mass is 428 g/mol. The fourth-order valence-electron chi connectivity index (χ4n) is 3.89. The molecule has 1 atom stereocenters. The van der Waals surface area contributed by atoms with Gasteiger partial charge in [0.1, 0.15) is 24.2 Å². The third-order valence-corrected chi connectivity index (χ3v) is 5.70. The molecule has 0 saturated carbocycles. The zero-order valence-electron chi connectivity index (χ0n) is 18.5. The molecule has 1 aliphatic rings. The second-order valence-corrected chi connectivity index (χ2v) is 8.24. The van der Waals surface area contributed by atoms with Crippen LogP contribution < -0.4 is 14.8 Å². The lowest BCUT2D eigenvalue weighted by Crippen LogP contribution is -2.41. The summed E-state index contributed by atoms with van der Waals surface area (Å²) in [5.74, 6) is 1.56. The molecule has 0 bridgehead atoms. The van der Waals surface area contributed by atoms with Crippen molar-refractivity contribution in [3.05, 3.63) is 59.7 Å². The van der Waals surface area contributed by atoms with Gasteiger partial charge in [0.2, 0.25) is 0 Å². The molecule has 0 aliphatic carbocycles. The number of hydrogen-bond donors (Lipinski definition) is 3. The Kier molecular flexibility index (Phi) is 9.62. The van der Waals surface area contributed by atoms with Crippen molar-refractivity contribution in [1.29, 1.82) is 0 Å². The Hall–Kier alpha value is -2.12. The van der Waals surface area contributed by atoms with Gasteiger partial charge >= 0.3 is 0 Å². The van der Waals surface area contributed by atoms with Crippen molar-refractivity contribution in [2.24, 2.45) is 0 Å². The number of rotatable bonds is 12. The van der Waals surface area contributed by atoms with Crippen molar-refractivity contribution in [2.75, 3.05) is 39.9 Å². The maximum Gasteiger partial charge on any atom is 0.124 e. The van der Waals surface area contributed by atoms with Gasteiger partial charge in [-0.15, -0.1) is 0 Å². The first kappa shape index (κ1) is 23.5. The van der Waals surface area contributed by atoms with E-state index in [0.717, 1.165) is 62.4 Å².